The molecule has 1 fully saturated rings. The van der Waals surface area contributed by atoms with Crippen LogP contribution in [-0.2, 0) is 0 Å². The first kappa shape index (κ1) is 13.0. The maximum absolute atomic E-state index is 13.6. The van der Waals surface area contributed by atoms with Crippen molar-refractivity contribution in [3.05, 3.63) is 29.6 Å². The number of ketones is 1. The molecule has 1 heterocycles. The van der Waals surface area contributed by atoms with E-state index in [9.17, 15) is 9.18 Å². The SMILES string of the molecule is CCOc1ccc(C(=O)CC2CCCN2)cc1F. The molecule has 0 aliphatic carbocycles. The second kappa shape index (κ2) is 5.96. The van der Waals surface area contributed by atoms with Crippen molar-refractivity contribution in [1.29, 1.82) is 0 Å². The highest BCUT2D eigenvalue weighted by Crippen LogP contribution is 2.20. The molecule has 1 aromatic rings. The highest BCUT2D eigenvalue weighted by atomic mass is 19.1. The predicted octanol–water partition coefficient (Wildman–Crippen LogP) is 2.55. The van der Waals surface area contributed by atoms with E-state index in [0.717, 1.165) is 19.4 Å². The minimum atomic E-state index is -0.470. The minimum Gasteiger partial charge on any atom is -0.491 e. The molecule has 1 aromatic carbocycles. The van der Waals surface area contributed by atoms with E-state index in [0.29, 0.717) is 18.6 Å². The zero-order chi connectivity index (χ0) is 13.0. The fourth-order valence-corrected chi connectivity index (χ4v) is 2.22. The number of Topliss-reactive ketones (excluding diaryl/α,β-unsaturated/α-hetero) is 1. The molecule has 1 unspecified atom stereocenters. The maximum atomic E-state index is 13.6. The van der Waals surface area contributed by atoms with Crippen LogP contribution in [-0.4, -0.2) is 25.0 Å². The smallest absolute Gasteiger partial charge is 0.165 e. The van der Waals surface area contributed by atoms with Crippen LogP contribution < -0.4 is 10.1 Å². The van der Waals surface area contributed by atoms with Crippen molar-refractivity contribution in [1.82, 2.24) is 5.32 Å². The standard InChI is InChI=1S/C14H18FNO2/c1-2-18-14-6-5-10(8-12(14)15)13(17)9-11-4-3-7-16-11/h5-6,8,11,16H,2-4,7,9H2,1H3. The Morgan fingerprint density at radius 1 is 1.56 bits per heavy atom. The number of halogens is 1. The van der Waals surface area contributed by atoms with E-state index in [-0.39, 0.29) is 17.6 Å². The number of carbonyl (C=O) groups is 1. The Bertz CT molecular complexity index is 428. The molecule has 1 N–H and O–H groups in total. The van der Waals surface area contributed by atoms with E-state index < -0.39 is 5.82 Å². The Morgan fingerprint density at radius 2 is 2.39 bits per heavy atom. The van der Waals surface area contributed by atoms with Gasteiger partial charge in [0.25, 0.3) is 0 Å². The van der Waals surface area contributed by atoms with Crippen molar-refractivity contribution in [2.24, 2.45) is 0 Å². The van der Waals surface area contributed by atoms with Crippen molar-refractivity contribution in [2.75, 3.05) is 13.2 Å². The fourth-order valence-electron chi connectivity index (χ4n) is 2.22. The van der Waals surface area contributed by atoms with Gasteiger partial charge in [-0.1, -0.05) is 0 Å². The van der Waals surface area contributed by atoms with Gasteiger partial charge in [-0.2, -0.15) is 0 Å². The summed E-state index contributed by atoms with van der Waals surface area (Å²) in [6, 6.07) is 4.66. The van der Waals surface area contributed by atoms with Crippen molar-refractivity contribution in [3.8, 4) is 5.75 Å². The van der Waals surface area contributed by atoms with E-state index in [1.807, 2.05) is 0 Å². The number of hydrogen-bond donors (Lipinski definition) is 1. The Labute approximate surface area is 106 Å². The van der Waals surface area contributed by atoms with E-state index in [2.05, 4.69) is 5.32 Å². The molecule has 1 atom stereocenters. The first-order chi connectivity index (χ1) is 8.70. The summed E-state index contributed by atoms with van der Waals surface area (Å²) in [5.41, 5.74) is 0.421. The molecule has 1 aliphatic rings. The molecule has 0 saturated carbocycles. The zero-order valence-electron chi connectivity index (χ0n) is 10.5. The van der Waals surface area contributed by atoms with Crippen molar-refractivity contribution in [3.63, 3.8) is 0 Å². The number of benzene rings is 1. The first-order valence-corrected chi connectivity index (χ1v) is 6.39. The van der Waals surface area contributed by atoms with Gasteiger partial charge in [0.1, 0.15) is 0 Å². The molecule has 18 heavy (non-hydrogen) atoms. The van der Waals surface area contributed by atoms with Gasteiger partial charge in [-0.05, 0) is 44.5 Å². The summed E-state index contributed by atoms with van der Waals surface area (Å²) >= 11 is 0. The lowest BCUT2D eigenvalue weighted by molar-refractivity contribution is 0.0971. The molecule has 3 nitrogen and oxygen atoms in total. The second-order valence-corrected chi connectivity index (χ2v) is 4.50. The van der Waals surface area contributed by atoms with Crippen LogP contribution in [0.25, 0.3) is 0 Å². The molecular weight excluding hydrogens is 233 g/mol. The van der Waals surface area contributed by atoms with Gasteiger partial charge in [0.15, 0.2) is 17.3 Å². The van der Waals surface area contributed by atoms with E-state index in [4.69, 9.17) is 4.74 Å². The van der Waals surface area contributed by atoms with E-state index >= 15 is 0 Å². The highest BCUT2D eigenvalue weighted by Gasteiger charge is 2.19. The van der Waals surface area contributed by atoms with Crippen LogP contribution in [0.1, 0.15) is 36.5 Å². The van der Waals surface area contributed by atoms with Crippen LogP contribution in [0.2, 0.25) is 0 Å². The largest absolute Gasteiger partial charge is 0.491 e. The van der Waals surface area contributed by atoms with Gasteiger partial charge >= 0.3 is 0 Å². The van der Waals surface area contributed by atoms with Gasteiger partial charge in [0, 0.05) is 18.0 Å². The second-order valence-electron chi connectivity index (χ2n) is 4.50. The van der Waals surface area contributed by atoms with Gasteiger partial charge < -0.3 is 10.1 Å². The topological polar surface area (TPSA) is 38.3 Å². The molecular formula is C14H18FNO2. The number of ether oxygens (including phenoxy) is 1. The molecule has 0 spiro atoms. The summed E-state index contributed by atoms with van der Waals surface area (Å²) in [5.74, 6) is -0.286. The summed E-state index contributed by atoms with van der Waals surface area (Å²) in [5, 5.41) is 3.26. The number of rotatable bonds is 5. The first-order valence-electron chi connectivity index (χ1n) is 6.39. The van der Waals surface area contributed by atoms with Crippen LogP contribution in [0, 0.1) is 5.82 Å². The zero-order valence-corrected chi connectivity index (χ0v) is 10.5. The number of carbonyl (C=O) groups excluding carboxylic acids is 1. The van der Waals surface area contributed by atoms with Gasteiger partial charge in [-0.15, -0.1) is 0 Å². The lowest BCUT2D eigenvalue weighted by Gasteiger charge is -2.10. The molecule has 0 aromatic heterocycles. The minimum absolute atomic E-state index is 0.0173. The van der Waals surface area contributed by atoms with Gasteiger partial charge in [-0.25, -0.2) is 4.39 Å². The van der Waals surface area contributed by atoms with Crippen LogP contribution >= 0.6 is 0 Å². The molecule has 0 bridgehead atoms. The Balaban J connectivity index is 2.03. The van der Waals surface area contributed by atoms with Crippen molar-refractivity contribution >= 4 is 5.78 Å². The summed E-state index contributed by atoms with van der Waals surface area (Å²) in [7, 11) is 0. The molecule has 0 radical (unpaired) electrons. The highest BCUT2D eigenvalue weighted by molar-refractivity contribution is 5.96. The monoisotopic (exact) mass is 251 g/mol. The Morgan fingerprint density at radius 3 is 3.00 bits per heavy atom. The third-order valence-corrected chi connectivity index (χ3v) is 3.15. The van der Waals surface area contributed by atoms with Gasteiger partial charge in [0.05, 0.1) is 6.61 Å². The molecule has 2 rings (SSSR count). The average molecular weight is 251 g/mol. The van der Waals surface area contributed by atoms with E-state index in [1.54, 1.807) is 13.0 Å². The Hall–Kier alpha value is -1.42. The molecule has 98 valence electrons. The molecule has 0 amide bonds. The van der Waals surface area contributed by atoms with Gasteiger partial charge in [0.2, 0.25) is 0 Å². The molecule has 4 heteroatoms. The van der Waals surface area contributed by atoms with Crippen LogP contribution in [0.5, 0.6) is 5.75 Å². The van der Waals surface area contributed by atoms with Crippen molar-refractivity contribution in [2.45, 2.75) is 32.2 Å². The van der Waals surface area contributed by atoms with Gasteiger partial charge in [-0.3, -0.25) is 4.79 Å². The summed E-state index contributed by atoms with van der Waals surface area (Å²) in [6.45, 7) is 3.18. The summed E-state index contributed by atoms with van der Waals surface area (Å²) in [4.78, 5) is 12.0. The third kappa shape index (κ3) is 3.07. The molecule has 1 aliphatic heterocycles. The van der Waals surface area contributed by atoms with E-state index in [1.165, 1.54) is 12.1 Å². The molecule has 1 saturated heterocycles. The van der Waals surface area contributed by atoms with Crippen LogP contribution in [0.3, 0.4) is 0 Å². The van der Waals surface area contributed by atoms with Crippen LogP contribution in [0.15, 0.2) is 18.2 Å². The van der Waals surface area contributed by atoms with Crippen LogP contribution in [0.4, 0.5) is 4.39 Å². The number of nitrogens with one attached hydrogen (secondary N) is 1. The quantitative estimate of drug-likeness (QED) is 0.817. The Kier molecular flexibility index (Phi) is 4.31. The van der Waals surface area contributed by atoms with Crippen molar-refractivity contribution < 1.29 is 13.9 Å². The lowest BCUT2D eigenvalue weighted by atomic mass is 10.0. The average Bonchev–Trinajstić information content (AvgIpc) is 2.84. The predicted molar refractivity (Wildman–Crippen MR) is 67.5 cm³/mol. The number of hydrogen-bond acceptors (Lipinski definition) is 3. The third-order valence-electron chi connectivity index (χ3n) is 3.15. The normalized spacial score (nSPS) is 18.9. The maximum Gasteiger partial charge on any atom is 0.165 e. The summed E-state index contributed by atoms with van der Waals surface area (Å²) < 4.78 is 18.7. The fraction of sp³-hybridized carbons (Fsp3) is 0.500. The lowest BCUT2D eigenvalue weighted by Crippen LogP contribution is -2.24. The summed E-state index contributed by atoms with van der Waals surface area (Å²) in [6.07, 6.45) is 2.56.